The summed E-state index contributed by atoms with van der Waals surface area (Å²) in [6, 6.07) is 7.90. The lowest BCUT2D eigenvalue weighted by atomic mass is 10.1. The monoisotopic (exact) mass is 245 g/mol. The third-order valence-corrected chi connectivity index (χ3v) is 2.66. The minimum atomic E-state index is -0.0779. The van der Waals surface area contributed by atoms with Gasteiger partial charge in [-0.2, -0.15) is 0 Å². The minimum Gasteiger partial charge on any atom is -0.494 e. The first-order chi connectivity index (χ1) is 8.70. The number of hydrogen-bond acceptors (Lipinski definition) is 3. The van der Waals surface area contributed by atoms with Crippen LogP contribution in [0.3, 0.4) is 0 Å². The Hall–Kier alpha value is -1.81. The van der Waals surface area contributed by atoms with Crippen LogP contribution in [0.15, 0.2) is 30.5 Å². The zero-order valence-electron chi connectivity index (χ0n) is 10.8. The lowest BCUT2D eigenvalue weighted by Gasteiger charge is -2.05. The Morgan fingerprint density at radius 1 is 1.33 bits per heavy atom. The fourth-order valence-electron chi connectivity index (χ4n) is 1.67. The second-order valence-corrected chi connectivity index (χ2v) is 4.34. The molecule has 2 aromatic rings. The van der Waals surface area contributed by atoms with Gasteiger partial charge in [-0.05, 0) is 43.2 Å². The molecule has 0 aliphatic heterocycles. The van der Waals surface area contributed by atoms with E-state index in [2.05, 4.69) is 16.9 Å². The maximum atomic E-state index is 5.77. The van der Waals surface area contributed by atoms with Gasteiger partial charge in [0.25, 0.3) is 0 Å². The standard InChI is InChI=1S/C14H19N3O/c1-3-8-18-12-6-4-11(5-7-12)13-9-16-14(17-13)10(2)15/h4-7,9-10H,3,8,15H2,1-2H3,(H,16,17). The average Bonchev–Trinajstić information content (AvgIpc) is 2.87. The van der Waals surface area contributed by atoms with E-state index in [4.69, 9.17) is 10.5 Å². The molecule has 4 heteroatoms. The normalized spacial score (nSPS) is 12.4. The number of H-pyrrole nitrogens is 1. The highest BCUT2D eigenvalue weighted by atomic mass is 16.5. The fraction of sp³-hybridized carbons (Fsp3) is 0.357. The van der Waals surface area contributed by atoms with Crippen molar-refractivity contribution in [1.82, 2.24) is 9.97 Å². The summed E-state index contributed by atoms with van der Waals surface area (Å²) < 4.78 is 5.54. The van der Waals surface area contributed by atoms with Crippen LogP contribution in [0, 0.1) is 0 Å². The molecule has 1 aromatic heterocycles. The Morgan fingerprint density at radius 2 is 2.06 bits per heavy atom. The number of nitrogens with two attached hydrogens (primary N) is 1. The van der Waals surface area contributed by atoms with Crippen molar-refractivity contribution in [2.24, 2.45) is 5.73 Å². The summed E-state index contributed by atoms with van der Waals surface area (Å²) in [7, 11) is 0. The molecular weight excluding hydrogens is 226 g/mol. The SMILES string of the molecule is CCCOc1ccc(-c2cnc(C(C)N)[nH]2)cc1. The van der Waals surface area contributed by atoms with Crippen LogP contribution in [0.4, 0.5) is 0 Å². The Balaban J connectivity index is 2.12. The van der Waals surface area contributed by atoms with Gasteiger partial charge in [-0.1, -0.05) is 6.92 Å². The molecule has 0 bridgehead atoms. The van der Waals surface area contributed by atoms with Gasteiger partial charge in [0.15, 0.2) is 0 Å². The number of hydrogen-bond donors (Lipinski definition) is 2. The molecule has 1 atom stereocenters. The molecular formula is C14H19N3O. The molecule has 0 spiro atoms. The molecule has 1 heterocycles. The number of imidazole rings is 1. The summed E-state index contributed by atoms with van der Waals surface area (Å²) >= 11 is 0. The number of ether oxygens (including phenoxy) is 1. The highest BCUT2D eigenvalue weighted by molar-refractivity contribution is 5.59. The zero-order valence-corrected chi connectivity index (χ0v) is 10.8. The third-order valence-electron chi connectivity index (χ3n) is 2.66. The number of aromatic amines is 1. The summed E-state index contributed by atoms with van der Waals surface area (Å²) in [5.41, 5.74) is 7.83. The first-order valence-corrected chi connectivity index (χ1v) is 6.24. The van der Waals surface area contributed by atoms with E-state index in [1.165, 1.54) is 0 Å². The zero-order chi connectivity index (χ0) is 13.0. The Labute approximate surface area is 107 Å². The van der Waals surface area contributed by atoms with E-state index in [1.807, 2.05) is 31.2 Å². The van der Waals surface area contributed by atoms with E-state index in [-0.39, 0.29) is 6.04 Å². The van der Waals surface area contributed by atoms with Gasteiger partial charge in [0.1, 0.15) is 11.6 Å². The van der Waals surface area contributed by atoms with E-state index in [0.717, 1.165) is 35.9 Å². The molecule has 0 saturated heterocycles. The Morgan fingerprint density at radius 3 is 2.61 bits per heavy atom. The van der Waals surface area contributed by atoms with Crippen LogP contribution in [-0.4, -0.2) is 16.6 Å². The fourth-order valence-corrected chi connectivity index (χ4v) is 1.67. The van der Waals surface area contributed by atoms with E-state index in [1.54, 1.807) is 6.20 Å². The van der Waals surface area contributed by atoms with Gasteiger partial charge in [0.2, 0.25) is 0 Å². The molecule has 4 nitrogen and oxygen atoms in total. The molecule has 0 saturated carbocycles. The molecule has 2 rings (SSSR count). The maximum Gasteiger partial charge on any atom is 0.123 e. The van der Waals surface area contributed by atoms with Crippen LogP contribution in [0.25, 0.3) is 11.3 Å². The predicted molar refractivity (Wildman–Crippen MR) is 72.4 cm³/mol. The van der Waals surface area contributed by atoms with Crippen molar-refractivity contribution in [3.05, 3.63) is 36.3 Å². The first kappa shape index (κ1) is 12.6. The van der Waals surface area contributed by atoms with Crippen molar-refractivity contribution in [2.75, 3.05) is 6.61 Å². The molecule has 3 N–H and O–H groups in total. The summed E-state index contributed by atoms with van der Waals surface area (Å²) in [4.78, 5) is 7.47. The average molecular weight is 245 g/mol. The van der Waals surface area contributed by atoms with Crippen molar-refractivity contribution in [2.45, 2.75) is 26.3 Å². The molecule has 1 aromatic carbocycles. The smallest absolute Gasteiger partial charge is 0.123 e. The number of benzene rings is 1. The van der Waals surface area contributed by atoms with Crippen LogP contribution in [-0.2, 0) is 0 Å². The number of nitrogens with one attached hydrogen (secondary N) is 1. The van der Waals surface area contributed by atoms with Crippen molar-refractivity contribution < 1.29 is 4.74 Å². The van der Waals surface area contributed by atoms with Crippen molar-refractivity contribution >= 4 is 0 Å². The van der Waals surface area contributed by atoms with Gasteiger partial charge in [-0.15, -0.1) is 0 Å². The quantitative estimate of drug-likeness (QED) is 0.851. The summed E-state index contributed by atoms with van der Waals surface area (Å²) in [6.45, 7) is 4.75. The topological polar surface area (TPSA) is 63.9 Å². The van der Waals surface area contributed by atoms with Crippen molar-refractivity contribution in [3.63, 3.8) is 0 Å². The number of nitrogens with zero attached hydrogens (tertiary/aromatic N) is 1. The van der Waals surface area contributed by atoms with Crippen LogP contribution < -0.4 is 10.5 Å². The van der Waals surface area contributed by atoms with Gasteiger partial charge >= 0.3 is 0 Å². The van der Waals surface area contributed by atoms with E-state index in [0.29, 0.717) is 0 Å². The lowest BCUT2D eigenvalue weighted by molar-refractivity contribution is 0.317. The van der Waals surface area contributed by atoms with Gasteiger partial charge in [-0.3, -0.25) is 0 Å². The highest BCUT2D eigenvalue weighted by Crippen LogP contribution is 2.21. The minimum absolute atomic E-state index is 0.0779. The van der Waals surface area contributed by atoms with Crippen LogP contribution >= 0.6 is 0 Å². The Kier molecular flexibility index (Phi) is 3.99. The first-order valence-electron chi connectivity index (χ1n) is 6.24. The van der Waals surface area contributed by atoms with Crippen LogP contribution in [0.1, 0.15) is 32.1 Å². The molecule has 1 unspecified atom stereocenters. The summed E-state index contributed by atoms with van der Waals surface area (Å²) in [5.74, 6) is 1.70. The van der Waals surface area contributed by atoms with Crippen LogP contribution in [0.5, 0.6) is 5.75 Å². The summed E-state index contributed by atoms with van der Waals surface area (Å²) in [5, 5.41) is 0. The van der Waals surface area contributed by atoms with Crippen molar-refractivity contribution in [1.29, 1.82) is 0 Å². The van der Waals surface area contributed by atoms with Gasteiger partial charge < -0.3 is 15.5 Å². The summed E-state index contributed by atoms with van der Waals surface area (Å²) in [6.07, 6.45) is 2.82. The second-order valence-electron chi connectivity index (χ2n) is 4.34. The largest absolute Gasteiger partial charge is 0.494 e. The molecule has 0 aliphatic carbocycles. The van der Waals surface area contributed by atoms with Gasteiger partial charge in [0, 0.05) is 0 Å². The van der Waals surface area contributed by atoms with Crippen molar-refractivity contribution in [3.8, 4) is 17.0 Å². The van der Waals surface area contributed by atoms with E-state index in [9.17, 15) is 0 Å². The predicted octanol–water partition coefficient (Wildman–Crippen LogP) is 2.89. The highest BCUT2D eigenvalue weighted by Gasteiger charge is 2.06. The molecule has 0 amide bonds. The molecule has 18 heavy (non-hydrogen) atoms. The lowest BCUT2D eigenvalue weighted by Crippen LogP contribution is -2.06. The van der Waals surface area contributed by atoms with E-state index < -0.39 is 0 Å². The molecule has 0 radical (unpaired) electrons. The van der Waals surface area contributed by atoms with Gasteiger partial charge in [0.05, 0.1) is 24.5 Å². The molecule has 96 valence electrons. The number of rotatable bonds is 5. The second kappa shape index (κ2) is 5.69. The van der Waals surface area contributed by atoms with Gasteiger partial charge in [-0.25, -0.2) is 4.98 Å². The van der Waals surface area contributed by atoms with E-state index >= 15 is 0 Å². The third kappa shape index (κ3) is 2.90. The molecule has 0 aliphatic rings. The number of aromatic nitrogens is 2. The van der Waals surface area contributed by atoms with Crippen LogP contribution in [0.2, 0.25) is 0 Å². The Bertz CT molecular complexity index is 488. The molecule has 0 fully saturated rings. The maximum absolute atomic E-state index is 5.77.